The van der Waals surface area contributed by atoms with E-state index >= 15 is 0 Å². The largest absolute Gasteiger partial charge is 0.456 e. The van der Waals surface area contributed by atoms with Gasteiger partial charge in [0.05, 0.1) is 0 Å². The summed E-state index contributed by atoms with van der Waals surface area (Å²) in [6, 6.07) is 14.1. The minimum Gasteiger partial charge on any atom is -0.456 e. The van der Waals surface area contributed by atoms with Crippen LogP contribution in [0.3, 0.4) is 0 Å². The van der Waals surface area contributed by atoms with Crippen LogP contribution in [0.2, 0.25) is 0 Å². The summed E-state index contributed by atoms with van der Waals surface area (Å²) >= 11 is 0. The van der Waals surface area contributed by atoms with Crippen LogP contribution < -0.4 is 4.90 Å². The third-order valence-electron chi connectivity index (χ3n) is 4.32. The number of rotatable bonds is 5. The number of esters is 1. The molecular formula is C20H20FNO3. The second kappa shape index (κ2) is 7.92. The zero-order valence-corrected chi connectivity index (χ0v) is 13.9. The Bertz CT molecular complexity index is 775. The van der Waals surface area contributed by atoms with Gasteiger partial charge in [-0.25, -0.2) is 4.39 Å². The molecule has 0 bridgehead atoms. The molecule has 0 N–H and O–H groups in total. The van der Waals surface area contributed by atoms with Crippen molar-refractivity contribution in [2.24, 2.45) is 0 Å². The van der Waals surface area contributed by atoms with Gasteiger partial charge >= 0.3 is 5.97 Å². The minimum absolute atomic E-state index is 0.0464. The van der Waals surface area contributed by atoms with Gasteiger partial charge in [-0.15, -0.1) is 0 Å². The highest BCUT2D eigenvalue weighted by molar-refractivity contribution is 5.96. The number of fused-ring (bicyclic) bond motifs is 1. The molecule has 0 fully saturated rings. The molecule has 2 aromatic carbocycles. The van der Waals surface area contributed by atoms with Crippen molar-refractivity contribution < 1.29 is 18.7 Å². The maximum atomic E-state index is 13.5. The lowest BCUT2D eigenvalue weighted by Gasteiger charge is -2.29. The van der Waals surface area contributed by atoms with E-state index in [-0.39, 0.29) is 31.2 Å². The van der Waals surface area contributed by atoms with Crippen molar-refractivity contribution in [3.8, 4) is 0 Å². The molecule has 1 aliphatic heterocycles. The van der Waals surface area contributed by atoms with Crippen LogP contribution in [0.4, 0.5) is 10.1 Å². The average molecular weight is 341 g/mol. The first-order valence-corrected chi connectivity index (χ1v) is 8.42. The molecule has 0 spiro atoms. The van der Waals surface area contributed by atoms with Crippen LogP contribution in [0.5, 0.6) is 0 Å². The summed E-state index contributed by atoms with van der Waals surface area (Å²) in [6.45, 7) is 0.340. The zero-order valence-electron chi connectivity index (χ0n) is 13.9. The number of carbonyl (C=O) groups excluding carboxylic acids is 2. The SMILES string of the molecule is O=C(CCc1ccccc1F)OCC(=O)N1CCCc2ccccc21. The van der Waals surface area contributed by atoms with E-state index in [4.69, 9.17) is 4.74 Å². The lowest BCUT2D eigenvalue weighted by atomic mass is 10.0. The number of ether oxygens (including phenoxy) is 1. The number of nitrogens with zero attached hydrogens (tertiary/aromatic N) is 1. The van der Waals surface area contributed by atoms with Gasteiger partial charge in [0.1, 0.15) is 5.82 Å². The van der Waals surface area contributed by atoms with Crippen LogP contribution in [0, 0.1) is 5.82 Å². The first-order valence-electron chi connectivity index (χ1n) is 8.42. The number of aryl methyl sites for hydroxylation is 2. The predicted octanol–water partition coefficient (Wildman–Crippen LogP) is 3.28. The Morgan fingerprint density at radius 3 is 2.68 bits per heavy atom. The molecule has 130 valence electrons. The molecule has 1 aliphatic rings. The third-order valence-corrected chi connectivity index (χ3v) is 4.32. The molecule has 0 unspecified atom stereocenters. The molecule has 0 atom stereocenters. The minimum atomic E-state index is -0.498. The first kappa shape index (κ1) is 17.1. The Kier molecular flexibility index (Phi) is 5.43. The summed E-state index contributed by atoms with van der Waals surface area (Å²) in [4.78, 5) is 25.9. The molecule has 3 rings (SSSR count). The maximum Gasteiger partial charge on any atom is 0.306 e. The average Bonchev–Trinajstić information content (AvgIpc) is 2.65. The second-order valence-electron chi connectivity index (χ2n) is 6.03. The fourth-order valence-corrected chi connectivity index (χ4v) is 3.02. The molecule has 1 heterocycles. The van der Waals surface area contributed by atoms with Gasteiger partial charge in [0, 0.05) is 18.7 Å². The van der Waals surface area contributed by atoms with Crippen molar-refractivity contribution in [3.05, 3.63) is 65.5 Å². The number of hydrogen-bond donors (Lipinski definition) is 0. The summed E-state index contributed by atoms with van der Waals surface area (Å²) in [5.41, 5.74) is 2.49. The monoisotopic (exact) mass is 341 g/mol. The van der Waals surface area contributed by atoms with Gasteiger partial charge in [-0.05, 0) is 42.5 Å². The van der Waals surface area contributed by atoms with Crippen LogP contribution in [0.25, 0.3) is 0 Å². The number of para-hydroxylation sites is 1. The number of anilines is 1. The van der Waals surface area contributed by atoms with E-state index in [1.165, 1.54) is 6.07 Å². The third kappa shape index (κ3) is 4.24. The van der Waals surface area contributed by atoms with Gasteiger partial charge in [-0.2, -0.15) is 0 Å². The van der Waals surface area contributed by atoms with Crippen molar-refractivity contribution in [2.45, 2.75) is 25.7 Å². The summed E-state index contributed by atoms with van der Waals surface area (Å²) in [7, 11) is 0. The molecule has 0 saturated carbocycles. The van der Waals surface area contributed by atoms with E-state index in [0.717, 1.165) is 24.1 Å². The number of hydrogen-bond acceptors (Lipinski definition) is 3. The molecule has 0 aromatic heterocycles. The van der Waals surface area contributed by atoms with Gasteiger partial charge in [0.2, 0.25) is 0 Å². The Labute approximate surface area is 146 Å². The molecule has 0 radical (unpaired) electrons. The summed E-state index contributed by atoms with van der Waals surface area (Å²) in [5, 5.41) is 0. The highest BCUT2D eigenvalue weighted by atomic mass is 19.1. The van der Waals surface area contributed by atoms with Crippen LogP contribution in [-0.2, 0) is 27.2 Å². The molecular weight excluding hydrogens is 321 g/mol. The van der Waals surface area contributed by atoms with Gasteiger partial charge in [-0.3, -0.25) is 9.59 Å². The molecule has 5 heteroatoms. The molecule has 0 saturated heterocycles. The van der Waals surface area contributed by atoms with E-state index in [9.17, 15) is 14.0 Å². The van der Waals surface area contributed by atoms with E-state index in [0.29, 0.717) is 12.1 Å². The highest BCUT2D eigenvalue weighted by Gasteiger charge is 2.23. The molecule has 2 aromatic rings. The molecule has 25 heavy (non-hydrogen) atoms. The zero-order chi connectivity index (χ0) is 17.6. The van der Waals surface area contributed by atoms with E-state index < -0.39 is 5.97 Å². The van der Waals surface area contributed by atoms with E-state index in [2.05, 4.69) is 0 Å². The fraction of sp³-hybridized carbons (Fsp3) is 0.300. The van der Waals surface area contributed by atoms with Crippen molar-refractivity contribution in [1.82, 2.24) is 0 Å². The topological polar surface area (TPSA) is 46.6 Å². The van der Waals surface area contributed by atoms with Gasteiger partial charge in [0.25, 0.3) is 5.91 Å². The smallest absolute Gasteiger partial charge is 0.306 e. The van der Waals surface area contributed by atoms with Crippen molar-refractivity contribution >= 4 is 17.6 Å². The summed E-state index contributed by atoms with van der Waals surface area (Å²) in [6.07, 6.45) is 2.14. The first-order chi connectivity index (χ1) is 12.1. The summed E-state index contributed by atoms with van der Waals surface area (Å²) in [5.74, 6) is -1.07. The highest BCUT2D eigenvalue weighted by Crippen LogP contribution is 2.26. The quantitative estimate of drug-likeness (QED) is 0.784. The van der Waals surface area contributed by atoms with Gasteiger partial charge < -0.3 is 9.64 Å². The number of halogens is 1. The second-order valence-corrected chi connectivity index (χ2v) is 6.03. The van der Waals surface area contributed by atoms with Crippen molar-refractivity contribution in [3.63, 3.8) is 0 Å². The molecule has 0 aliphatic carbocycles. The molecule has 4 nitrogen and oxygen atoms in total. The lowest BCUT2D eigenvalue weighted by molar-refractivity contribution is -0.147. The number of benzene rings is 2. The predicted molar refractivity (Wildman–Crippen MR) is 92.8 cm³/mol. The van der Waals surface area contributed by atoms with Crippen molar-refractivity contribution in [1.29, 1.82) is 0 Å². The van der Waals surface area contributed by atoms with Crippen LogP contribution in [0.1, 0.15) is 24.0 Å². The fourth-order valence-electron chi connectivity index (χ4n) is 3.02. The number of carbonyl (C=O) groups is 2. The summed E-state index contributed by atoms with van der Waals surface area (Å²) < 4.78 is 18.6. The lowest BCUT2D eigenvalue weighted by Crippen LogP contribution is -2.38. The number of amides is 1. The Hall–Kier alpha value is -2.69. The van der Waals surface area contributed by atoms with Crippen LogP contribution in [0.15, 0.2) is 48.5 Å². The Morgan fingerprint density at radius 2 is 1.84 bits per heavy atom. The van der Waals surface area contributed by atoms with Gasteiger partial charge in [-0.1, -0.05) is 36.4 Å². The van der Waals surface area contributed by atoms with Gasteiger partial charge in [0.15, 0.2) is 6.61 Å². The van der Waals surface area contributed by atoms with E-state index in [1.807, 2.05) is 24.3 Å². The van der Waals surface area contributed by atoms with Crippen molar-refractivity contribution in [2.75, 3.05) is 18.1 Å². The Balaban J connectivity index is 1.51. The van der Waals surface area contributed by atoms with Crippen LogP contribution in [-0.4, -0.2) is 25.0 Å². The van der Waals surface area contributed by atoms with E-state index in [1.54, 1.807) is 23.1 Å². The maximum absolute atomic E-state index is 13.5. The standard InChI is InChI=1S/C20H20FNO3/c21-17-9-3-1-6-15(17)11-12-20(24)25-14-19(23)22-13-5-8-16-7-2-4-10-18(16)22/h1-4,6-7,9-10H,5,8,11-14H2. The Morgan fingerprint density at radius 1 is 1.08 bits per heavy atom. The van der Waals surface area contributed by atoms with Crippen LogP contribution >= 0.6 is 0 Å². The molecule has 1 amide bonds. The normalized spacial score (nSPS) is 13.2.